The Kier molecular flexibility index (Phi) is 5.02. The fourth-order valence-electron chi connectivity index (χ4n) is 4.01. The van der Waals surface area contributed by atoms with Crippen LogP contribution in [0.4, 0.5) is 11.4 Å². The van der Waals surface area contributed by atoms with E-state index in [1.165, 1.54) is 0 Å². The number of rotatable bonds is 4. The maximum Gasteiger partial charge on any atom is 0.179 e. The third kappa shape index (κ3) is 3.61. The Morgan fingerprint density at radius 3 is 1.94 bits per heavy atom. The molecule has 5 aromatic carbocycles. The standard InChI is InChI=1S/C27H22N2OS/c1-18-10-14-21(15-11-18)31(30)29-25-17-13-20-7-3-5-9-23(20)27(25)26-22-8-4-2-6-19(22)12-16-24(26)28/h2-17,29H,28H2,1H3/t31-/m1/s1. The molecule has 0 aliphatic heterocycles. The summed E-state index contributed by atoms with van der Waals surface area (Å²) in [5, 5.41) is 4.36. The highest BCUT2D eigenvalue weighted by Crippen LogP contribution is 2.43. The Labute approximate surface area is 184 Å². The number of nitrogens with one attached hydrogen (secondary N) is 1. The van der Waals surface area contributed by atoms with Gasteiger partial charge >= 0.3 is 0 Å². The minimum Gasteiger partial charge on any atom is -0.588 e. The summed E-state index contributed by atoms with van der Waals surface area (Å²) < 4.78 is 16.4. The lowest BCUT2D eigenvalue weighted by atomic mass is 9.91. The molecule has 3 N–H and O–H groups in total. The van der Waals surface area contributed by atoms with E-state index in [0.29, 0.717) is 5.69 Å². The number of nitrogens with two attached hydrogens (primary N) is 1. The maximum atomic E-state index is 13.2. The number of hydrogen-bond donors (Lipinski definition) is 2. The van der Waals surface area contributed by atoms with Crippen LogP contribution in [-0.2, 0) is 11.4 Å². The summed E-state index contributed by atoms with van der Waals surface area (Å²) in [4.78, 5) is 0.732. The van der Waals surface area contributed by atoms with Crippen LogP contribution in [0.3, 0.4) is 0 Å². The van der Waals surface area contributed by atoms with Crippen molar-refractivity contribution in [1.82, 2.24) is 0 Å². The Morgan fingerprint density at radius 2 is 1.26 bits per heavy atom. The molecule has 5 rings (SSSR count). The van der Waals surface area contributed by atoms with E-state index in [4.69, 9.17) is 5.73 Å². The van der Waals surface area contributed by atoms with Crippen molar-refractivity contribution >= 4 is 44.3 Å². The van der Waals surface area contributed by atoms with Gasteiger partial charge in [0.25, 0.3) is 0 Å². The van der Waals surface area contributed by atoms with Gasteiger partial charge in [-0.15, -0.1) is 0 Å². The lowest BCUT2D eigenvalue weighted by molar-refractivity contribution is 0.600. The van der Waals surface area contributed by atoms with E-state index < -0.39 is 11.4 Å². The molecule has 4 heteroatoms. The highest BCUT2D eigenvalue weighted by Gasteiger charge is 2.20. The van der Waals surface area contributed by atoms with Crippen LogP contribution in [0.25, 0.3) is 32.7 Å². The SMILES string of the molecule is Cc1ccc([S@@+]([O-])Nc2ccc3ccccc3c2-c2c(N)ccc3ccccc23)cc1. The molecular weight excluding hydrogens is 400 g/mol. The van der Waals surface area contributed by atoms with Gasteiger partial charge in [-0.1, -0.05) is 78.4 Å². The van der Waals surface area contributed by atoms with E-state index in [0.717, 1.165) is 48.8 Å². The average Bonchev–Trinajstić information content (AvgIpc) is 2.80. The van der Waals surface area contributed by atoms with Crippen LogP contribution in [0, 0.1) is 6.92 Å². The average molecular weight is 423 g/mol. The number of fused-ring (bicyclic) bond motifs is 2. The minimum absolute atomic E-state index is 0.694. The smallest absolute Gasteiger partial charge is 0.179 e. The molecule has 1 atom stereocenters. The van der Waals surface area contributed by atoms with Crippen molar-refractivity contribution in [2.75, 3.05) is 10.5 Å². The van der Waals surface area contributed by atoms with E-state index in [-0.39, 0.29) is 0 Å². The zero-order valence-corrected chi connectivity index (χ0v) is 17.9. The molecule has 0 spiro atoms. The fraction of sp³-hybridized carbons (Fsp3) is 0.0370. The van der Waals surface area contributed by atoms with Gasteiger partial charge in [0.05, 0.1) is 5.69 Å². The molecule has 0 amide bonds. The monoisotopic (exact) mass is 422 g/mol. The van der Waals surface area contributed by atoms with Gasteiger partial charge in [0.15, 0.2) is 4.90 Å². The van der Waals surface area contributed by atoms with Crippen molar-refractivity contribution in [2.24, 2.45) is 0 Å². The molecular formula is C27H22N2OS. The van der Waals surface area contributed by atoms with Gasteiger partial charge in [-0.25, -0.2) is 4.72 Å². The number of benzene rings is 5. The minimum atomic E-state index is -1.40. The molecule has 0 fully saturated rings. The van der Waals surface area contributed by atoms with Gasteiger partial charge < -0.3 is 10.3 Å². The third-order valence-electron chi connectivity index (χ3n) is 5.58. The first-order chi connectivity index (χ1) is 15.1. The molecule has 31 heavy (non-hydrogen) atoms. The predicted molar refractivity (Wildman–Crippen MR) is 133 cm³/mol. The van der Waals surface area contributed by atoms with Crippen LogP contribution in [0.15, 0.2) is 102 Å². The molecule has 0 saturated heterocycles. The van der Waals surface area contributed by atoms with E-state index >= 15 is 0 Å². The molecule has 0 heterocycles. The van der Waals surface area contributed by atoms with Gasteiger partial charge in [-0.05, 0) is 52.7 Å². The molecule has 0 aliphatic carbocycles. The van der Waals surface area contributed by atoms with Crippen molar-refractivity contribution in [2.45, 2.75) is 11.8 Å². The van der Waals surface area contributed by atoms with Crippen LogP contribution in [0.2, 0.25) is 0 Å². The summed E-state index contributed by atoms with van der Waals surface area (Å²) in [5.74, 6) is 0. The van der Waals surface area contributed by atoms with Crippen LogP contribution in [0.5, 0.6) is 0 Å². The highest BCUT2D eigenvalue weighted by atomic mass is 32.2. The molecule has 0 radical (unpaired) electrons. The summed E-state index contributed by atoms with van der Waals surface area (Å²) in [6, 6.07) is 32.2. The first-order valence-corrected chi connectivity index (χ1v) is 11.3. The number of hydrogen-bond acceptors (Lipinski definition) is 3. The maximum absolute atomic E-state index is 13.2. The van der Waals surface area contributed by atoms with Crippen LogP contribution in [-0.4, -0.2) is 4.55 Å². The normalized spacial score (nSPS) is 12.2. The molecule has 152 valence electrons. The van der Waals surface area contributed by atoms with Gasteiger partial charge in [0, 0.05) is 16.8 Å². The molecule has 3 nitrogen and oxygen atoms in total. The number of nitrogen functional groups attached to an aromatic ring is 1. The Bertz CT molecular complexity index is 1400. The summed E-state index contributed by atoms with van der Waals surface area (Å²) in [6.45, 7) is 2.02. The quantitative estimate of drug-likeness (QED) is 0.251. The van der Waals surface area contributed by atoms with Gasteiger partial charge in [-0.3, -0.25) is 0 Å². The summed E-state index contributed by atoms with van der Waals surface area (Å²) in [6.07, 6.45) is 0. The van der Waals surface area contributed by atoms with E-state index in [1.807, 2.05) is 73.7 Å². The number of aryl methyl sites for hydroxylation is 1. The zero-order chi connectivity index (χ0) is 21.4. The van der Waals surface area contributed by atoms with Crippen LogP contribution >= 0.6 is 0 Å². The zero-order valence-electron chi connectivity index (χ0n) is 17.1. The van der Waals surface area contributed by atoms with Crippen molar-refractivity contribution in [3.05, 3.63) is 103 Å². The Hall–Kier alpha value is -3.47. The summed E-state index contributed by atoms with van der Waals surface area (Å²) in [7, 11) is 0. The van der Waals surface area contributed by atoms with Crippen molar-refractivity contribution in [3.8, 4) is 11.1 Å². The molecule has 5 aromatic rings. The fourth-order valence-corrected chi connectivity index (χ4v) is 4.88. The van der Waals surface area contributed by atoms with E-state index in [2.05, 4.69) is 35.1 Å². The Morgan fingerprint density at radius 1 is 0.677 bits per heavy atom. The van der Waals surface area contributed by atoms with Crippen molar-refractivity contribution < 1.29 is 4.55 Å². The highest BCUT2D eigenvalue weighted by molar-refractivity contribution is 7.92. The predicted octanol–water partition coefficient (Wildman–Crippen LogP) is 6.69. The van der Waals surface area contributed by atoms with Crippen LogP contribution < -0.4 is 10.5 Å². The van der Waals surface area contributed by atoms with Crippen LogP contribution in [0.1, 0.15) is 5.56 Å². The molecule has 0 aliphatic rings. The Balaban J connectivity index is 1.74. The largest absolute Gasteiger partial charge is 0.588 e. The topological polar surface area (TPSA) is 61.1 Å². The molecule has 0 unspecified atom stereocenters. The van der Waals surface area contributed by atoms with Crippen molar-refractivity contribution in [1.29, 1.82) is 0 Å². The van der Waals surface area contributed by atoms with Crippen molar-refractivity contribution in [3.63, 3.8) is 0 Å². The molecule has 0 bridgehead atoms. The van der Waals surface area contributed by atoms with Gasteiger partial charge in [-0.2, -0.15) is 0 Å². The third-order valence-corrected chi connectivity index (χ3v) is 6.68. The second-order valence-corrected chi connectivity index (χ2v) is 8.86. The number of anilines is 2. The van der Waals surface area contributed by atoms with Gasteiger partial charge in [0.1, 0.15) is 11.4 Å². The molecule has 0 aromatic heterocycles. The first-order valence-electron chi connectivity index (χ1n) is 10.2. The first kappa shape index (κ1) is 19.5. The van der Waals surface area contributed by atoms with E-state index in [9.17, 15) is 4.55 Å². The lowest BCUT2D eigenvalue weighted by Crippen LogP contribution is -2.14. The second kappa shape index (κ2) is 7.99. The lowest BCUT2D eigenvalue weighted by Gasteiger charge is -2.19. The second-order valence-electron chi connectivity index (χ2n) is 7.64. The summed E-state index contributed by atoms with van der Waals surface area (Å²) in [5.41, 5.74) is 11.1. The van der Waals surface area contributed by atoms with Gasteiger partial charge in [0.2, 0.25) is 0 Å². The van der Waals surface area contributed by atoms with E-state index in [1.54, 1.807) is 0 Å². The molecule has 0 saturated carbocycles. The summed E-state index contributed by atoms with van der Waals surface area (Å²) >= 11 is -1.40.